The first-order valence-electron chi connectivity index (χ1n) is 6.79. The summed E-state index contributed by atoms with van der Waals surface area (Å²) in [6.45, 7) is 4.94. The SMILES string of the molecule is CCOC(=O)N1CCS[C@]1(C)[C@@H](OC)c1ccccc1. The third-order valence-electron chi connectivity index (χ3n) is 3.56. The van der Waals surface area contributed by atoms with Crippen LogP contribution in [-0.4, -0.2) is 41.9 Å². The zero-order chi connectivity index (χ0) is 14.6. The van der Waals surface area contributed by atoms with Crippen molar-refractivity contribution in [3.63, 3.8) is 0 Å². The van der Waals surface area contributed by atoms with Crippen molar-refractivity contribution in [3.8, 4) is 0 Å². The molecule has 2 rings (SSSR count). The molecule has 1 aliphatic rings. The second-order valence-corrected chi connectivity index (χ2v) is 6.30. The Kier molecular flexibility index (Phi) is 4.94. The summed E-state index contributed by atoms with van der Waals surface area (Å²) in [4.78, 5) is 13.5. The number of carbonyl (C=O) groups is 1. The van der Waals surface area contributed by atoms with Gasteiger partial charge in [-0.3, -0.25) is 4.90 Å². The Morgan fingerprint density at radius 3 is 2.75 bits per heavy atom. The molecule has 0 spiro atoms. The minimum Gasteiger partial charge on any atom is -0.450 e. The van der Waals surface area contributed by atoms with Crippen molar-refractivity contribution in [2.75, 3.05) is 26.0 Å². The Morgan fingerprint density at radius 1 is 1.45 bits per heavy atom. The summed E-state index contributed by atoms with van der Waals surface area (Å²) in [6.07, 6.45) is -0.446. The topological polar surface area (TPSA) is 38.8 Å². The Labute approximate surface area is 124 Å². The zero-order valence-electron chi connectivity index (χ0n) is 12.2. The van der Waals surface area contributed by atoms with Crippen LogP contribution in [0, 0.1) is 0 Å². The van der Waals surface area contributed by atoms with Crippen LogP contribution >= 0.6 is 11.8 Å². The standard InChI is InChI=1S/C15H21NO3S/c1-4-19-14(17)16-10-11-20-15(16,2)13(18-3)12-8-6-5-7-9-12/h5-9,13H,4,10-11H2,1-3H3/t13-,15+/m0/s1. The number of amides is 1. The average Bonchev–Trinajstić information content (AvgIpc) is 2.84. The van der Waals surface area contributed by atoms with Crippen LogP contribution < -0.4 is 0 Å². The van der Waals surface area contributed by atoms with Gasteiger partial charge in [0.2, 0.25) is 0 Å². The van der Waals surface area contributed by atoms with E-state index in [1.54, 1.807) is 23.8 Å². The molecular weight excluding hydrogens is 274 g/mol. The molecule has 0 aromatic heterocycles. The van der Waals surface area contributed by atoms with Crippen molar-refractivity contribution in [1.82, 2.24) is 4.90 Å². The Hall–Kier alpha value is -1.20. The number of thioether (sulfide) groups is 1. The number of ether oxygens (including phenoxy) is 2. The van der Waals surface area contributed by atoms with Crippen LogP contribution in [0.5, 0.6) is 0 Å². The van der Waals surface area contributed by atoms with E-state index in [1.165, 1.54) is 0 Å². The molecule has 0 bridgehead atoms. The number of rotatable bonds is 4. The van der Waals surface area contributed by atoms with Crippen LogP contribution in [0.3, 0.4) is 0 Å². The smallest absolute Gasteiger partial charge is 0.410 e. The van der Waals surface area contributed by atoms with Gasteiger partial charge in [0.15, 0.2) is 0 Å². The Morgan fingerprint density at radius 2 is 2.15 bits per heavy atom. The van der Waals surface area contributed by atoms with Crippen LogP contribution in [0.2, 0.25) is 0 Å². The largest absolute Gasteiger partial charge is 0.450 e. The van der Waals surface area contributed by atoms with Crippen molar-refractivity contribution in [2.24, 2.45) is 0 Å². The van der Waals surface area contributed by atoms with Gasteiger partial charge >= 0.3 is 6.09 Å². The highest BCUT2D eigenvalue weighted by atomic mass is 32.2. The van der Waals surface area contributed by atoms with Crippen LogP contribution in [0.1, 0.15) is 25.5 Å². The fraction of sp³-hybridized carbons (Fsp3) is 0.533. The van der Waals surface area contributed by atoms with Crippen molar-refractivity contribution >= 4 is 17.9 Å². The van der Waals surface area contributed by atoms with Gasteiger partial charge in [0, 0.05) is 19.4 Å². The lowest BCUT2D eigenvalue weighted by Gasteiger charge is -2.39. The first-order chi connectivity index (χ1) is 9.63. The molecule has 1 fully saturated rings. The molecule has 1 saturated heterocycles. The van der Waals surface area contributed by atoms with E-state index in [2.05, 4.69) is 0 Å². The fourth-order valence-electron chi connectivity index (χ4n) is 2.63. The van der Waals surface area contributed by atoms with Crippen LogP contribution in [0.15, 0.2) is 30.3 Å². The lowest BCUT2D eigenvalue weighted by Crippen LogP contribution is -2.48. The van der Waals surface area contributed by atoms with Gasteiger partial charge in [-0.1, -0.05) is 30.3 Å². The van der Waals surface area contributed by atoms with Crippen molar-refractivity contribution in [2.45, 2.75) is 24.8 Å². The van der Waals surface area contributed by atoms with Gasteiger partial charge in [-0.15, -0.1) is 11.8 Å². The zero-order valence-corrected chi connectivity index (χ0v) is 13.0. The molecule has 1 amide bonds. The highest BCUT2D eigenvalue weighted by molar-refractivity contribution is 8.00. The monoisotopic (exact) mass is 295 g/mol. The van der Waals surface area contributed by atoms with Crippen LogP contribution in [-0.2, 0) is 9.47 Å². The maximum Gasteiger partial charge on any atom is 0.410 e. The molecule has 0 radical (unpaired) electrons. The molecule has 1 aromatic rings. The fourth-order valence-corrected chi connectivity index (χ4v) is 4.02. The predicted octanol–water partition coefficient (Wildman–Crippen LogP) is 3.30. The Balaban J connectivity index is 2.29. The number of benzene rings is 1. The number of carbonyl (C=O) groups excluding carboxylic acids is 1. The van der Waals surface area contributed by atoms with E-state index >= 15 is 0 Å². The van der Waals surface area contributed by atoms with Crippen molar-refractivity contribution in [3.05, 3.63) is 35.9 Å². The first kappa shape index (κ1) is 15.2. The lowest BCUT2D eigenvalue weighted by atomic mass is 10.0. The van der Waals surface area contributed by atoms with Gasteiger partial charge < -0.3 is 9.47 Å². The molecule has 0 unspecified atom stereocenters. The van der Waals surface area contributed by atoms with Gasteiger partial charge in [-0.05, 0) is 19.4 Å². The van der Waals surface area contributed by atoms with Gasteiger partial charge in [0.05, 0.1) is 6.61 Å². The molecule has 1 heterocycles. The van der Waals surface area contributed by atoms with Gasteiger partial charge in [0.1, 0.15) is 11.0 Å². The minimum absolute atomic E-state index is 0.180. The molecule has 1 aliphatic heterocycles. The second kappa shape index (κ2) is 6.50. The van der Waals surface area contributed by atoms with Gasteiger partial charge in [-0.2, -0.15) is 0 Å². The molecule has 0 aliphatic carbocycles. The number of hydrogen-bond donors (Lipinski definition) is 0. The summed E-state index contributed by atoms with van der Waals surface area (Å²) in [5.74, 6) is 0.891. The molecular formula is C15H21NO3S. The third-order valence-corrected chi connectivity index (χ3v) is 4.96. The number of nitrogens with zero attached hydrogens (tertiary/aromatic N) is 1. The van der Waals surface area contributed by atoms with E-state index < -0.39 is 4.87 Å². The average molecular weight is 295 g/mol. The second-order valence-electron chi connectivity index (χ2n) is 4.78. The van der Waals surface area contributed by atoms with Gasteiger partial charge in [0.25, 0.3) is 0 Å². The Bertz CT molecular complexity index is 454. The van der Waals surface area contributed by atoms with E-state index in [0.717, 1.165) is 11.3 Å². The lowest BCUT2D eigenvalue weighted by molar-refractivity contribution is 0.00714. The molecule has 20 heavy (non-hydrogen) atoms. The molecule has 110 valence electrons. The van der Waals surface area contributed by atoms with E-state index in [0.29, 0.717) is 13.2 Å². The molecule has 5 heteroatoms. The van der Waals surface area contributed by atoms with Crippen LogP contribution in [0.25, 0.3) is 0 Å². The summed E-state index contributed by atoms with van der Waals surface area (Å²) in [5.41, 5.74) is 1.07. The van der Waals surface area contributed by atoms with E-state index in [4.69, 9.17) is 9.47 Å². The molecule has 2 atom stereocenters. The first-order valence-corrected chi connectivity index (χ1v) is 7.78. The van der Waals surface area contributed by atoms with Crippen molar-refractivity contribution in [1.29, 1.82) is 0 Å². The molecule has 4 nitrogen and oxygen atoms in total. The highest BCUT2D eigenvalue weighted by Crippen LogP contribution is 2.46. The van der Waals surface area contributed by atoms with E-state index in [1.807, 2.05) is 44.2 Å². The summed E-state index contributed by atoms with van der Waals surface area (Å²) in [7, 11) is 1.69. The summed E-state index contributed by atoms with van der Waals surface area (Å²) in [6, 6.07) is 10.0. The maximum atomic E-state index is 12.1. The van der Waals surface area contributed by atoms with Crippen molar-refractivity contribution < 1.29 is 14.3 Å². The van der Waals surface area contributed by atoms with E-state index in [9.17, 15) is 4.79 Å². The quantitative estimate of drug-likeness (QED) is 0.854. The normalized spacial score (nSPS) is 23.6. The highest BCUT2D eigenvalue weighted by Gasteiger charge is 2.48. The number of hydrogen-bond acceptors (Lipinski definition) is 4. The maximum absolute atomic E-state index is 12.1. The molecule has 0 saturated carbocycles. The van der Waals surface area contributed by atoms with Gasteiger partial charge in [-0.25, -0.2) is 4.79 Å². The molecule has 1 aromatic carbocycles. The number of methoxy groups -OCH3 is 1. The minimum atomic E-state index is -0.442. The van der Waals surface area contributed by atoms with Crippen LogP contribution in [0.4, 0.5) is 4.79 Å². The molecule has 0 N–H and O–H groups in total. The predicted molar refractivity (Wildman–Crippen MR) is 80.8 cm³/mol. The summed E-state index contributed by atoms with van der Waals surface area (Å²) >= 11 is 1.73. The summed E-state index contributed by atoms with van der Waals surface area (Å²) < 4.78 is 10.9. The third kappa shape index (κ3) is 2.79. The summed E-state index contributed by atoms with van der Waals surface area (Å²) in [5, 5.41) is 0. The van der Waals surface area contributed by atoms with E-state index in [-0.39, 0.29) is 12.2 Å².